The van der Waals surface area contributed by atoms with E-state index in [1.54, 1.807) is 7.11 Å². The highest BCUT2D eigenvalue weighted by atomic mass is 32.1. The van der Waals surface area contributed by atoms with Crippen LogP contribution in [-0.2, 0) is 0 Å². The Hall–Kier alpha value is -1.63. The molecule has 1 atom stereocenters. The van der Waals surface area contributed by atoms with Crippen LogP contribution in [0.3, 0.4) is 0 Å². The molecule has 2 N–H and O–H groups in total. The third kappa shape index (κ3) is 3.97. The Morgan fingerprint density at radius 3 is 2.86 bits per heavy atom. The van der Waals surface area contributed by atoms with Crippen LogP contribution in [0.1, 0.15) is 32.6 Å². The fourth-order valence-electron chi connectivity index (χ4n) is 2.68. The Bertz CT molecular complexity index is 549. The monoisotopic (exact) mass is 321 g/mol. The van der Waals surface area contributed by atoms with Crippen LogP contribution in [0.2, 0.25) is 0 Å². The van der Waals surface area contributed by atoms with Crippen LogP contribution in [0.25, 0.3) is 0 Å². The molecule has 2 aliphatic rings. The smallest absolute Gasteiger partial charge is 0.234 e. The third-order valence-electron chi connectivity index (χ3n) is 4.02. The Kier molecular flexibility index (Phi) is 4.61. The summed E-state index contributed by atoms with van der Waals surface area (Å²) in [5.41, 5.74) is 0. The van der Waals surface area contributed by atoms with Crippen molar-refractivity contribution in [2.24, 2.45) is 5.92 Å². The summed E-state index contributed by atoms with van der Waals surface area (Å²) in [6.07, 6.45) is 4.83. The molecule has 22 heavy (non-hydrogen) atoms. The zero-order chi connectivity index (χ0) is 15.5. The zero-order valence-electron chi connectivity index (χ0n) is 13.1. The van der Waals surface area contributed by atoms with E-state index >= 15 is 0 Å². The van der Waals surface area contributed by atoms with Gasteiger partial charge in [-0.2, -0.15) is 9.97 Å². The van der Waals surface area contributed by atoms with Crippen LogP contribution < -0.4 is 20.3 Å². The quantitative estimate of drug-likeness (QED) is 0.824. The van der Waals surface area contributed by atoms with Crippen molar-refractivity contribution in [3.63, 3.8) is 0 Å². The number of nitrogens with one attached hydrogen (secondary N) is 2. The normalized spacial score (nSPS) is 21.4. The number of piperidine rings is 1. The molecule has 2 fully saturated rings. The average molecular weight is 321 g/mol. The largest absolute Gasteiger partial charge is 0.481 e. The maximum absolute atomic E-state index is 5.31. The molecule has 0 aromatic carbocycles. The molecule has 0 amide bonds. The van der Waals surface area contributed by atoms with Gasteiger partial charge in [-0.25, -0.2) is 0 Å². The molecule has 120 valence electrons. The van der Waals surface area contributed by atoms with Gasteiger partial charge >= 0.3 is 0 Å². The molecule has 7 heteroatoms. The second-order valence-electron chi connectivity index (χ2n) is 6.16. The average Bonchev–Trinajstić information content (AvgIpc) is 3.30. The van der Waals surface area contributed by atoms with E-state index < -0.39 is 0 Å². The standard InChI is InChI=1S/C15H23N5OS/c1-10-4-3-7-20(9-10)12-8-13(21-2)18-14(17-12)19-15(22)16-11-5-6-11/h8,10-11H,3-7,9H2,1-2H3,(H2,16,17,18,19,22). The van der Waals surface area contributed by atoms with Crippen LogP contribution >= 0.6 is 12.2 Å². The molecule has 6 nitrogen and oxygen atoms in total. The van der Waals surface area contributed by atoms with Crippen molar-refractivity contribution in [1.29, 1.82) is 0 Å². The first-order valence-corrected chi connectivity index (χ1v) is 8.30. The van der Waals surface area contributed by atoms with Crippen LogP contribution in [0.4, 0.5) is 11.8 Å². The highest BCUT2D eigenvalue weighted by Gasteiger charge is 2.23. The van der Waals surface area contributed by atoms with Gasteiger partial charge in [0, 0.05) is 25.2 Å². The Labute approximate surface area is 136 Å². The van der Waals surface area contributed by atoms with E-state index in [0.29, 0.717) is 28.9 Å². The molecule has 1 aromatic rings. The number of thiocarbonyl (C=S) groups is 1. The molecule has 1 aliphatic carbocycles. The van der Waals surface area contributed by atoms with E-state index in [0.717, 1.165) is 18.9 Å². The fourth-order valence-corrected chi connectivity index (χ4v) is 2.94. The van der Waals surface area contributed by atoms with Crippen LogP contribution in [0.5, 0.6) is 5.88 Å². The van der Waals surface area contributed by atoms with Gasteiger partial charge in [-0.1, -0.05) is 6.92 Å². The molecule has 1 saturated heterocycles. The third-order valence-corrected chi connectivity index (χ3v) is 4.24. The second kappa shape index (κ2) is 6.64. The SMILES string of the molecule is COc1cc(N2CCCC(C)C2)nc(NC(=S)NC2CC2)n1. The number of anilines is 2. The summed E-state index contributed by atoms with van der Waals surface area (Å²) in [6, 6.07) is 2.40. The lowest BCUT2D eigenvalue weighted by Gasteiger charge is -2.32. The van der Waals surface area contributed by atoms with Crippen molar-refractivity contribution in [1.82, 2.24) is 15.3 Å². The Morgan fingerprint density at radius 2 is 2.18 bits per heavy atom. The summed E-state index contributed by atoms with van der Waals surface area (Å²) < 4.78 is 5.31. The van der Waals surface area contributed by atoms with Crippen molar-refractivity contribution in [3.05, 3.63) is 6.07 Å². The first-order chi connectivity index (χ1) is 10.6. The van der Waals surface area contributed by atoms with Crippen LogP contribution in [-0.4, -0.2) is 41.3 Å². The Balaban J connectivity index is 1.74. The minimum Gasteiger partial charge on any atom is -0.481 e. The maximum Gasteiger partial charge on any atom is 0.234 e. The minimum atomic E-state index is 0.491. The number of methoxy groups -OCH3 is 1. The molecule has 0 bridgehead atoms. The summed E-state index contributed by atoms with van der Waals surface area (Å²) in [5.74, 6) is 2.63. The van der Waals surface area contributed by atoms with Crippen LogP contribution in [0.15, 0.2) is 6.07 Å². The predicted molar refractivity (Wildman–Crippen MR) is 91.6 cm³/mol. The van der Waals surface area contributed by atoms with E-state index in [9.17, 15) is 0 Å². The summed E-state index contributed by atoms with van der Waals surface area (Å²) in [4.78, 5) is 11.2. The maximum atomic E-state index is 5.31. The highest BCUT2D eigenvalue weighted by Crippen LogP contribution is 2.25. The molecular weight excluding hydrogens is 298 g/mol. The number of hydrogen-bond donors (Lipinski definition) is 2. The summed E-state index contributed by atoms with van der Waals surface area (Å²) >= 11 is 5.29. The fraction of sp³-hybridized carbons (Fsp3) is 0.667. The first kappa shape index (κ1) is 15.3. The lowest BCUT2D eigenvalue weighted by Crippen LogP contribution is -2.35. The predicted octanol–water partition coefficient (Wildman–Crippen LogP) is 2.17. The van der Waals surface area contributed by atoms with Crippen molar-refractivity contribution in [2.45, 2.75) is 38.6 Å². The van der Waals surface area contributed by atoms with Gasteiger partial charge in [0.2, 0.25) is 11.8 Å². The van der Waals surface area contributed by atoms with Crippen molar-refractivity contribution in [2.75, 3.05) is 30.4 Å². The molecule has 0 radical (unpaired) electrons. The second-order valence-corrected chi connectivity index (χ2v) is 6.57. The highest BCUT2D eigenvalue weighted by molar-refractivity contribution is 7.80. The van der Waals surface area contributed by atoms with Gasteiger partial charge in [0.1, 0.15) is 5.82 Å². The van der Waals surface area contributed by atoms with Gasteiger partial charge in [-0.3, -0.25) is 0 Å². The number of nitrogens with zero attached hydrogens (tertiary/aromatic N) is 3. The molecule has 1 saturated carbocycles. The number of aromatic nitrogens is 2. The Morgan fingerprint density at radius 1 is 1.36 bits per heavy atom. The lowest BCUT2D eigenvalue weighted by molar-refractivity contribution is 0.396. The van der Waals surface area contributed by atoms with Gasteiger partial charge < -0.3 is 20.3 Å². The summed E-state index contributed by atoms with van der Waals surface area (Å²) in [5, 5.41) is 6.88. The molecule has 1 aliphatic heterocycles. The minimum absolute atomic E-state index is 0.491. The molecule has 2 heterocycles. The van der Waals surface area contributed by atoms with Gasteiger partial charge in [0.25, 0.3) is 0 Å². The van der Waals surface area contributed by atoms with Gasteiger partial charge in [-0.05, 0) is 43.8 Å². The van der Waals surface area contributed by atoms with E-state index in [4.69, 9.17) is 17.0 Å². The summed E-state index contributed by atoms with van der Waals surface area (Å²) in [6.45, 7) is 4.32. The lowest BCUT2D eigenvalue weighted by atomic mass is 10.0. The number of hydrogen-bond acceptors (Lipinski definition) is 5. The van der Waals surface area contributed by atoms with Crippen molar-refractivity contribution >= 4 is 29.1 Å². The van der Waals surface area contributed by atoms with Crippen molar-refractivity contribution < 1.29 is 4.74 Å². The topological polar surface area (TPSA) is 62.3 Å². The molecule has 1 aromatic heterocycles. The summed E-state index contributed by atoms with van der Waals surface area (Å²) in [7, 11) is 1.62. The van der Waals surface area contributed by atoms with Gasteiger partial charge in [0.05, 0.1) is 7.11 Å². The number of ether oxygens (including phenoxy) is 1. The van der Waals surface area contributed by atoms with Gasteiger partial charge in [-0.15, -0.1) is 0 Å². The first-order valence-electron chi connectivity index (χ1n) is 7.89. The molecule has 0 spiro atoms. The van der Waals surface area contributed by atoms with E-state index in [1.807, 2.05) is 6.07 Å². The molecular formula is C15H23N5OS. The molecule has 1 unspecified atom stereocenters. The van der Waals surface area contributed by atoms with Gasteiger partial charge in [0.15, 0.2) is 5.11 Å². The zero-order valence-corrected chi connectivity index (χ0v) is 13.9. The number of rotatable bonds is 4. The van der Waals surface area contributed by atoms with E-state index in [-0.39, 0.29) is 0 Å². The molecule has 3 rings (SSSR count). The van der Waals surface area contributed by atoms with E-state index in [2.05, 4.69) is 32.4 Å². The van der Waals surface area contributed by atoms with E-state index in [1.165, 1.54) is 25.7 Å². The van der Waals surface area contributed by atoms with Crippen LogP contribution in [0, 0.1) is 5.92 Å². The van der Waals surface area contributed by atoms with Crippen molar-refractivity contribution in [3.8, 4) is 5.88 Å².